The quantitative estimate of drug-likeness (QED) is 0.580. The van der Waals surface area contributed by atoms with Crippen molar-refractivity contribution in [2.45, 2.75) is 49.5 Å². The highest BCUT2D eigenvalue weighted by Crippen LogP contribution is 2.29. The molecule has 2 saturated heterocycles. The molecule has 1 atom stereocenters. The summed E-state index contributed by atoms with van der Waals surface area (Å²) in [7, 11) is -3.68. The smallest absolute Gasteiger partial charge is 0.243 e. The zero-order chi connectivity index (χ0) is 24.3. The number of nitrogens with zero attached hydrogens (tertiary/aromatic N) is 1. The number of nitrogens with one attached hydrogen (secondary N) is 2. The Morgan fingerprint density at radius 1 is 0.971 bits per heavy atom. The van der Waals surface area contributed by atoms with Crippen LogP contribution < -0.4 is 10.6 Å². The first-order valence-electron chi connectivity index (χ1n) is 12.5. The predicted molar refractivity (Wildman–Crippen MR) is 134 cm³/mol. The lowest BCUT2D eigenvalue weighted by Gasteiger charge is -2.26. The fourth-order valence-electron chi connectivity index (χ4n) is 5.02. The number of rotatable bonds is 8. The molecule has 2 aromatic carbocycles. The van der Waals surface area contributed by atoms with Gasteiger partial charge in [-0.1, -0.05) is 18.2 Å². The maximum atomic E-state index is 13.2. The molecule has 188 valence electrons. The summed E-state index contributed by atoms with van der Waals surface area (Å²) in [5, 5.41) is 6.32. The Kier molecular flexibility index (Phi) is 7.38. The summed E-state index contributed by atoms with van der Waals surface area (Å²) in [6, 6.07) is 11.1. The van der Waals surface area contributed by atoms with Crippen molar-refractivity contribution < 1.29 is 22.7 Å². The molecule has 2 aromatic rings. The predicted octanol–water partition coefficient (Wildman–Crippen LogP) is 2.97. The van der Waals surface area contributed by atoms with E-state index >= 15 is 0 Å². The normalized spacial score (nSPS) is 20.5. The van der Waals surface area contributed by atoms with Gasteiger partial charge in [-0.25, -0.2) is 8.42 Å². The van der Waals surface area contributed by atoms with E-state index in [1.807, 2.05) is 6.07 Å². The van der Waals surface area contributed by atoms with Gasteiger partial charge < -0.3 is 20.1 Å². The van der Waals surface area contributed by atoms with Gasteiger partial charge in [0.1, 0.15) is 0 Å². The van der Waals surface area contributed by atoms with Crippen molar-refractivity contribution in [3.8, 4) is 0 Å². The van der Waals surface area contributed by atoms with Gasteiger partial charge >= 0.3 is 0 Å². The van der Waals surface area contributed by atoms with Crippen LogP contribution in [-0.2, 0) is 43.6 Å². The molecule has 2 N–H and O–H groups in total. The van der Waals surface area contributed by atoms with Crippen LogP contribution in [0.5, 0.6) is 0 Å². The van der Waals surface area contributed by atoms with Crippen LogP contribution in [0.1, 0.15) is 36.0 Å². The van der Waals surface area contributed by atoms with Gasteiger partial charge in [-0.3, -0.25) is 4.79 Å². The Bertz CT molecular complexity index is 1170. The average molecular weight is 500 g/mol. The number of hydrogen-bond donors (Lipinski definition) is 2. The monoisotopic (exact) mass is 499 g/mol. The standard InChI is InChI=1S/C26H33N3O5S/c30-26(16-19-6-7-20-3-1-4-21(20)15-19)28-25-17-23(35(31,32)29-10-13-33-14-11-29)8-9-24(25)27-18-22-5-2-12-34-22/h6-9,15,17,22,27H,1-5,10-14,16,18H2,(H,28,30). The molecule has 0 bridgehead atoms. The first kappa shape index (κ1) is 24.2. The number of hydrogen-bond acceptors (Lipinski definition) is 6. The van der Waals surface area contributed by atoms with E-state index in [1.54, 1.807) is 18.2 Å². The number of aryl methyl sites for hydroxylation is 2. The SMILES string of the molecule is O=C(Cc1ccc2c(c1)CCC2)Nc1cc(S(=O)(=O)N2CCOCC2)ccc1NCC1CCCO1. The minimum absolute atomic E-state index is 0.113. The Morgan fingerprint density at radius 3 is 2.60 bits per heavy atom. The molecule has 3 aliphatic rings. The van der Waals surface area contributed by atoms with E-state index in [-0.39, 0.29) is 23.3 Å². The highest BCUT2D eigenvalue weighted by atomic mass is 32.2. The lowest BCUT2D eigenvalue weighted by atomic mass is 10.0. The second-order valence-corrected chi connectivity index (χ2v) is 11.4. The second-order valence-electron chi connectivity index (χ2n) is 9.42. The zero-order valence-electron chi connectivity index (χ0n) is 19.9. The third kappa shape index (κ3) is 5.69. The number of carbonyl (C=O) groups excluding carboxylic acids is 1. The molecule has 9 heteroatoms. The fourth-order valence-corrected chi connectivity index (χ4v) is 6.46. The van der Waals surface area contributed by atoms with Gasteiger partial charge in [0.05, 0.1) is 42.0 Å². The van der Waals surface area contributed by atoms with Crippen LogP contribution in [-0.4, -0.2) is 64.2 Å². The molecule has 1 amide bonds. The van der Waals surface area contributed by atoms with Gasteiger partial charge in [0.25, 0.3) is 0 Å². The van der Waals surface area contributed by atoms with Crippen molar-refractivity contribution >= 4 is 27.3 Å². The number of amides is 1. The molecule has 2 heterocycles. The number of morpholine rings is 1. The van der Waals surface area contributed by atoms with Gasteiger partial charge in [0.15, 0.2) is 0 Å². The Balaban J connectivity index is 1.35. The van der Waals surface area contributed by atoms with Crippen LogP contribution in [0.15, 0.2) is 41.3 Å². The number of carbonyl (C=O) groups is 1. The third-order valence-electron chi connectivity index (χ3n) is 6.94. The highest BCUT2D eigenvalue weighted by Gasteiger charge is 2.27. The molecule has 0 aromatic heterocycles. The van der Waals surface area contributed by atoms with Crippen molar-refractivity contribution in [1.82, 2.24) is 4.31 Å². The molecule has 8 nitrogen and oxygen atoms in total. The van der Waals surface area contributed by atoms with Crippen molar-refractivity contribution in [1.29, 1.82) is 0 Å². The van der Waals surface area contributed by atoms with Crippen LogP contribution in [0.2, 0.25) is 0 Å². The van der Waals surface area contributed by atoms with E-state index in [2.05, 4.69) is 22.8 Å². The van der Waals surface area contributed by atoms with E-state index in [4.69, 9.17) is 9.47 Å². The van der Waals surface area contributed by atoms with Gasteiger partial charge in [0, 0.05) is 26.2 Å². The summed E-state index contributed by atoms with van der Waals surface area (Å²) in [5.74, 6) is -0.177. The molecule has 5 rings (SSSR count). The van der Waals surface area contributed by atoms with E-state index in [9.17, 15) is 13.2 Å². The van der Waals surface area contributed by atoms with Crippen LogP contribution in [0.4, 0.5) is 11.4 Å². The molecular weight excluding hydrogens is 466 g/mol. The maximum Gasteiger partial charge on any atom is 0.243 e. The lowest BCUT2D eigenvalue weighted by Crippen LogP contribution is -2.40. The number of ether oxygens (including phenoxy) is 2. The molecule has 1 unspecified atom stereocenters. The Hall–Kier alpha value is -2.46. The zero-order valence-corrected chi connectivity index (χ0v) is 20.7. The summed E-state index contributed by atoms with van der Waals surface area (Å²) in [5.41, 5.74) is 4.81. The number of anilines is 2. The molecule has 0 spiro atoms. The van der Waals surface area contributed by atoms with Crippen LogP contribution in [0.3, 0.4) is 0 Å². The van der Waals surface area contributed by atoms with Gasteiger partial charge in [-0.15, -0.1) is 0 Å². The van der Waals surface area contributed by atoms with Crippen LogP contribution in [0.25, 0.3) is 0 Å². The number of benzene rings is 2. The topological polar surface area (TPSA) is 97.0 Å². The van der Waals surface area contributed by atoms with Gasteiger partial charge in [-0.05, 0) is 67.0 Å². The Labute approximate surface area is 207 Å². The second kappa shape index (κ2) is 10.7. The highest BCUT2D eigenvalue weighted by molar-refractivity contribution is 7.89. The average Bonchev–Trinajstić information content (AvgIpc) is 3.55. The molecule has 35 heavy (non-hydrogen) atoms. The first-order chi connectivity index (χ1) is 17.0. The third-order valence-corrected chi connectivity index (χ3v) is 8.84. The minimum atomic E-state index is -3.68. The lowest BCUT2D eigenvalue weighted by molar-refractivity contribution is -0.115. The first-order valence-corrected chi connectivity index (χ1v) is 13.9. The van der Waals surface area contributed by atoms with Crippen molar-refractivity contribution in [3.63, 3.8) is 0 Å². The Morgan fingerprint density at radius 2 is 1.80 bits per heavy atom. The van der Waals surface area contributed by atoms with Gasteiger partial charge in [-0.2, -0.15) is 4.31 Å². The van der Waals surface area contributed by atoms with Crippen LogP contribution in [0, 0.1) is 0 Å². The molecule has 1 aliphatic carbocycles. The van der Waals surface area contributed by atoms with Crippen molar-refractivity contribution in [3.05, 3.63) is 53.1 Å². The number of fused-ring (bicyclic) bond motifs is 1. The molecule has 0 radical (unpaired) electrons. The molecule has 0 saturated carbocycles. The summed E-state index contributed by atoms with van der Waals surface area (Å²) in [6.45, 7) is 2.76. The van der Waals surface area contributed by atoms with Gasteiger partial charge in [0.2, 0.25) is 15.9 Å². The van der Waals surface area contributed by atoms with E-state index in [0.717, 1.165) is 44.3 Å². The van der Waals surface area contributed by atoms with Crippen molar-refractivity contribution in [2.24, 2.45) is 0 Å². The largest absolute Gasteiger partial charge is 0.381 e. The minimum Gasteiger partial charge on any atom is -0.381 e. The molecule has 2 aliphatic heterocycles. The summed E-state index contributed by atoms with van der Waals surface area (Å²) in [6.07, 6.45) is 5.69. The van der Waals surface area contributed by atoms with E-state index in [1.165, 1.54) is 15.4 Å². The summed E-state index contributed by atoms with van der Waals surface area (Å²) in [4.78, 5) is 13.2. The van der Waals surface area contributed by atoms with E-state index in [0.29, 0.717) is 44.2 Å². The fraction of sp³-hybridized carbons (Fsp3) is 0.500. The van der Waals surface area contributed by atoms with Crippen LogP contribution >= 0.6 is 0 Å². The summed E-state index contributed by atoms with van der Waals surface area (Å²) >= 11 is 0. The van der Waals surface area contributed by atoms with E-state index < -0.39 is 10.0 Å². The molecular formula is C26H33N3O5S. The maximum absolute atomic E-state index is 13.2. The van der Waals surface area contributed by atoms with Crippen molar-refractivity contribution in [2.75, 3.05) is 50.1 Å². The number of sulfonamides is 1. The summed E-state index contributed by atoms with van der Waals surface area (Å²) < 4.78 is 38.9. The molecule has 2 fully saturated rings.